The molecular weight excluding hydrogens is 250 g/mol. The number of nitrogens with zero attached hydrogens (tertiary/aromatic N) is 2. The monoisotopic (exact) mass is 269 g/mol. The van der Waals surface area contributed by atoms with E-state index >= 15 is 0 Å². The summed E-state index contributed by atoms with van der Waals surface area (Å²) >= 11 is 0. The van der Waals surface area contributed by atoms with Crippen LogP contribution >= 0.6 is 0 Å². The molecule has 0 aliphatic rings. The van der Waals surface area contributed by atoms with Gasteiger partial charge in [-0.25, -0.2) is 4.98 Å². The van der Waals surface area contributed by atoms with Gasteiger partial charge in [0, 0.05) is 5.70 Å². The van der Waals surface area contributed by atoms with Crippen LogP contribution in [0.4, 0.5) is 0 Å². The molecule has 1 unspecified atom stereocenters. The van der Waals surface area contributed by atoms with Gasteiger partial charge in [-0.1, -0.05) is 25.3 Å². The molecule has 0 amide bonds. The summed E-state index contributed by atoms with van der Waals surface area (Å²) in [4.78, 5) is 17.4. The van der Waals surface area contributed by atoms with Crippen molar-refractivity contribution in [1.82, 2.24) is 14.9 Å². The number of nitrogens with one attached hydrogen (secondary N) is 1. The SMILES string of the molecule is C=CC(=C)n1c(C(C)NC)nc2cccc(C)c2c1=O. The molecular formula is C16H19N3O. The van der Waals surface area contributed by atoms with Crippen LogP contribution in [-0.2, 0) is 0 Å². The zero-order chi connectivity index (χ0) is 14.9. The predicted molar refractivity (Wildman–Crippen MR) is 83.7 cm³/mol. The number of fused-ring (bicyclic) bond motifs is 1. The Morgan fingerprint density at radius 3 is 2.80 bits per heavy atom. The van der Waals surface area contributed by atoms with Crippen molar-refractivity contribution in [2.24, 2.45) is 0 Å². The molecule has 4 nitrogen and oxygen atoms in total. The van der Waals surface area contributed by atoms with Crippen molar-refractivity contribution in [3.63, 3.8) is 0 Å². The van der Waals surface area contributed by atoms with E-state index < -0.39 is 0 Å². The van der Waals surface area contributed by atoms with E-state index in [1.54, 1.807) is 6.08 Å². The van der Waals surface area contributed by atoms with E-state index in [2.05, 4.69) is 23.5 Å². The van der Waals surface area contributed by atoms with Crippen LogP contribution in [0.3, 0.4) is 0 Å². The van der Waals surface area contributed by atoms with E-state index in [1.807, 2.05) is 39.1 Å². The maximum Gasteiger partial charge on any atom is 0.266 e. The number of aryl methyl sites for hydroxylation is 1. The van der Waals surface area contributed by atoms with Gasteiger partial charge in [0.25, 0.3) is 5.56 Å². The quantitative estimate of drug-likeness (QED) is 0.868. The summed E-state index contributed by atoms with van der Waals surface area (Å²) in [7, 11) is 1.83. The second-order valence-corrected chi connectivity index (χ2v) is 4.79. The normalized spacial score (nSPS) is 12.3. The first-order valence-electron chi connectivity index (χ1n) is 6.52. The highest BCUT2D eigenvalue weighted by Crippen LogP contribution is 2.18. The number of allylic oxidation sites excluding steroid dienone is 2. The van der Waals surface area contributed by atoms with Crippen LogP contribution in [0.25, 0.3) is 16.6 Å². The Hall–Kier alpha value is -2.20. The predicted octanol–water partition coefficient (Wildman–Crippen LogP) is 2.64. The number of rotatable bonds is 4. The van der Waals surface area contributed by atoms with E-state index in [4.69, 9.17) is 0 Å². The number of hydrogen-bond acceptors (Lipinski definition) is 3. The highest BCUT2D eigenvalue weighted by Gasteiger charge is 2.17. The molecule has 0 saturated carbocycles. The summed E-state index contributed by atoms with van der Waals surface area (Å²) in [6.07, 6.45) is 1.57. The fourth-order valence-electron chi connectivity index (χ4n) is 2.20. The highest BCUT2D eigenvalue weighted by atomic mass is 16.1. The lowest BCUT2D eigenvalue weighted by atomic mass is 10.1. The summed E-state index contributed by atoms with van der Waals surface area (Å²) in [5, 5.41) is 3.74. The Morgan fingerprint density at radius 2 is 2.20 bits per heavy atom. The van der Waals surface area contributed by atoms with Gasteiger partial charge in [-0.05, 0) is 38.6 Å². The minimum absolute atomic E-state index is 0.0655. The largest absolute Gasteiger partial charge is 0.311 e. The fourth-order valence-corrected chi connectivity index (χ4v) is 2.20. The minimum atomic E-state index is -0.102. The molecule has 1 N–H and O–H groups in total. The van der Waals surface area contributed by atoms with Crippen molar-refractivity contribution in [3.8, 4) is 0 Å². The summed E-state index contributed by atoms with van der Waals surface area (Å²) in [5.74, 6) is 0.639. The maximum atomic E-state index is 12.8. The Balaban J connectivity index is 2.95. The zero-order valence-corrected chi connectivity index (χ0v) is 12.1. The molecule has 0 spiro atoms. The molecule has 1 aromatic heterocycles. The molecule has 0 saturated heterocycles. The first kappa shape index (κ1) is 14.2. The van der Waals surface area contributed by atoms with Gasteiger partial charge >= 0.3 is 0 Å². The number of benzene rings is 1. The fraction of sp³-hybridized carbons (Fsp3) is 0.250. The molecule has 0 aliphatic heterocycles. The summed E-state index contributed by atoms with van der Waals surface area (Å²) < 4.78 is 1.53. The Morgan fingerprint density at radius 1 is 1.50 bits per heavy atom. The Kier molecular flexibility index (Phi) is 3.86. The van der Waals surface area contributed by atoms with Gasteiger partial charge in [-0.15, -0.1) is 0 Å². The van der Waals surface area contributed by atoms with Crippen molar-refractivity contribution in [1.29, 1.82) is 0 Å². The first-order valence-corrected chi connectivity index (χ1v) is 6.52. The molecule has 1 heterocycles. The Bertz CT molecular complexity index is 743. The van der Waals surface area contributed by atoms with Crippen LogP contribution in [0.5, 0.6) is 0 Å². The van der Waals surface area contributed by atoms with Crippen LogP contribution < -0.4 is 10.9 Å². The smallest absolute Gasteiger partial charge is 0.266 e. The molecule has 0 radical (unpaired) electrons. The lowest BCUT2D eigenvalue weighted by Gasteiger charge is -2.18. The molecule has 20 heavy (non-hydrogen) atoms. The molecule has 4 heteroatoms. The average Bonchev–Trinajstić information content (AvgIpc) is 2.45. The van der Waals surface area contributed by atoms with Crippen LogP contribution in [0.15, 0.2) is 42.2 Å². The van der Waals surface area contributed by atoms with Gasteiger partial charge in [0.1, 0.15) is 5.82 Å². The van der Waals surface area contributed by atoms with Crippen molar-refractivity contribution >= 4 is 16.6 Å². The molecule has 1 atom stereocenters. The topological polar surface area (TPSA) is 46.9 Å². The summed E-state index contributed by atoms with van der Waals surface area (Å²) in [6.45, 7) is 11.5. The van der Waals surface area contributed by atoms with Crippen LogP contribution in [0, 0.1) is 6.92 Å². The van der Waals surface area contributed by atoms with Crippen molar-refractivity contribution < 1.29 is 0 Å². The minimum Gasteiger partial charge on any atom is -0.311 e. The van der Waals surface area contributed by atoms with Gasteiger partial charge in [0.15, 0.2) is 0 Å². The third-order valence-corrected chi connectivity index (χ3v) is 3.48. The lowest BCUT2D eigenvalue weighted by Crippen LogP contribution is -2.29. The van der Waals surface area contributed by atoms with E-state index in [0.717, 1.165) is 5.56 Å². The molecule has 0 fully saturated rings. The summed E-state index contributed by atoms with van der Waals surface area (Å²) in [6, 6.07) is 5.61. The van der Waals surface area contributed by atoms with E-state index in [1.165, 1.54) is 4.57 Å². The lowest BCUT2D eigenvalue weighted by molar-refractivity contribution is 0.593. The van der Waals surface area contributed by atoms with Crippen molar-refractivity contribution in [2.75, 3.05) is 7.05 Å². The van der Waals surface area contributed by atoms with Crippen LogP contribution in [-0.4, -0.2) is 16.6 Å². The molecule has 1 aromatic carbocycles. The van der Waals surface area contributed by atoms with E-state index in [0.29, 0.717) is 22.4 Å². The number of hydrogen-bond donors (Lipinski definition) is 1. The van der Waals surface area contributed by atoms with Gasteiger partial charge in [-0.3, -0.25) is 9.36 Å². The van der Waals surface area contributed by atoms with Crippen LogP contribution in [0.1, 0.15) is 24.4 Å². The molecule has 0 aliphatic carbocycles. The molecule has 104 valence electrons. The molecule has 0 bridgehead atoms. The van der Waals surface area contributed by atoms with Gasteiger partial charge in [-0.2, -0.15) is 0 Å². The van der Waals surface area contributed by atoms with Gasteiger partial charge in [0.2, 0.25) is 0 Å². The maximum absolute atomic E-state index is 12.8. The molecule has 2 rings (SSSR count). The zero-order valence-electron chi connectivity index (χ0n) is 12.1. The van der Waals surface area contributed by atoms with E-state index in [-0.39, 0.29) is 11.6 Å². The number of aromatic nitrogens is 2. The van der Waals surface area contributed by atoms with E-state index in [9.17, 15) is 4.79 Å². The first-order chi connectivity index (χ1) is 9.51. The second-order valence-electron chi connectivity index (χ2n) is 4.79. The second kappa shape index (κ2) is 5.43. The van der Waals surface area contributed by atoms with Crippen molar-refractivity contribution in [2.45, 2.75) is 19.9 Å². The Labute approximate surface area is 118 Å². The van der Waals surface area contributed by atoms with Crippen LogP contribution in [0.2, 0.25) is 0 Å². The third kappa shape index (κ3) is 2.18. The standard InChI is InChI=1S/C16H19N3O/c1-6-11(3)19-15(12(4)17-5)18-13-9-7-8-10(2)14(13)16(19)20/h6-9,12,17H,1,3H2,2,4-5H3. The van der Waals surface area contributed by atoms with Crippen molar-refractivity contribution in [3.05, 3.63) is 59.2 Å². The highest BCUT2D eigenvalue weighted by molar-refractivity contribution is 5.82. The molecule has 2 aromatic rings. The third-order valence-electron chi connectivity index (χ3n) is 3.48. The summed E-state index contributed by atoms with van der Waals surface area (Å²) in [5.41, 5.74) is 2.05. The van der Waals surface area contributed by atoms with Gasteiger partial charge in [0.05, 0.1) is 16.9 Å². The van der Waals surface area contributed by atoms with Gasteiger partial charge < -0.3 is 5.32 Å². The average molecular weight is 269 g/mol.